The first-order valence-corrected chi connectivity index (χ1v) is 6.99. The van der Waals surface area contributed by atoms with Gasteiger partial charge in [0.25, 0.3) is 0 Å². The maximum Gasteiger partial charge on any atom is 0.331 e. The van der Waals surface area contributed by atoms with Gasteiger partial charge < -0.3 is 4.90 Å². The number of nitrogens with zero attached hydrogens (tertiary/aromatic N) is 3. The van der Waals surface area contributed by atoms with E-state index in [9.17, 15) is 4.79 Å². The Morgan fingerprint density at radius 1 is 0.950 bits per heavy atom. The fourth-order valence-corrected chi connectivity index (χ4v) is 2.38. The molecule has 2 amide bonds. The number of hydrogen-bond acceptors (Lipinski definition) is 2. The van der Waals surface area contributed by atoms with Crippen LogP contribution in [0.25, 0.3) is 0 Å². The molecule has 20 heavy (non-hydrogen) atoms. The molecule has 0 atom stereocenters. The molecule has 0 aromatic rings. The van der Waals surface area contributed by atoms with Gasteiger partial charge in [0, 0.05) is 20.1 Å². The molecule has 0 unspecified atom stereocenters. The van der Waals surface area contributed by atoms with E-state index in [4.69, 9.17) is 0 Å². The first kappa shape index (κ1) is 16.1. The van der Waals surface area contributed by atoms with E-state index in [-0.39, 0.29) is 6.03 Å². The summed E-state index contributed by atoms with van der Waals surface area (Å²) in [4.78, 5) is 18.4. The normalized spacial score (nSPS) is 19.9. The van der Waals surface area contributed by atoms with Gasteiger partial charge in [0.1, 0.15) is 11.6 Å². The fourth-order valence-electron chi connectivity index (χ4n) is 2.38. The van der Waals surface area contributed by atoms with Gasteiger partial charge in [-0.25, -0.2) is 4.79 Å². The lowest BCUT2D eigenvalue weighted by Crippen LogP contribution is -2.54. The summed E-state index contributed by atoms with van der Waals surface area (Å²) in [5, 5.41) is 0. The summed E-state index contributed by atoms with van der Waals surface area (Å²) < 4.78 is 0. The quantitative estimate of drug-likeness (QED) is 0.693. The van der Waals surface area contributed by atoms with Crippen molar-refractivity contribution in [1.82, 2.24) is 14.7 Å². The van der Waals surface area contributed by atoms with E-state index in [2.05, 4.69) is 13.2 Å². The van der Waals surface area contributed by atoms with Gasteiger partial charge in [-0.1, -0.05) is 12.2 Å². The molecular formula is C16H25N3O. The third-order valence-corrected chi connectivity index (χ3v) is 3.33. The predicted octanol–water partition coefficient (Wildman–Crippen LogP) is 3.53. The predicted molar refractivity (Wildman–Crippen MR) is 83.7 cm³/mol. The second-order valence-corrected chi connectivity index (χ2v) is 4.59. The molecule has 1 aliphatic rings. The Balaban J connectivity index is 3.10. The number of rotatable bonds is 6. The molecule has 4 heteroatoms. The van der Waals surface area contributed by atoms with Crippen molar-refractivity contribution >= 4 is 6.03 Å². The Hall–Kier alpha value is -1.97. The number of allylic oxidation sites excluding steroid dienone is 2. The summed E-state index contributed by atoms with van der Waals surface area (Å²) >= 11 is 0. The Kier molecular flexibility index (Phi) is 6.10. The summed E-state index contributed by atoms with van der Waals surface area (Å²) in [6, 6.07) is 0.0213. The molecule has 1 rings (SSSR count). The van der Waals surface area contributed by atoms with E-state index in [0.29, 0.717) is 13.1 Å². The molecule has 0 aromatic carbocycles. The van der Waals surface area contributed by atoms with Gasteiger partial charge in [-0.15, -0.1) is 13.2 Å². The Labute approximate surface area is 122 Å². The highest BCUT2D eigenvalue weighted by atomic mass is 16.2. The molecule has 0 saturated carbocycles. The van der Waals surface area contributed by atoms with Gasteiger partial charge in [0.05, 0.1) is 0 Å². The third kappa shape index (κ3) is 3.13. The third-order valence-electron chi connectivity index (χ3n) is 3.33. The second kappa shape index (κ2) is 7.58. The van der Waals surface area contributed by atoms with Crippen LogP contribution in [0.15, 0.2) is 49.1 Å². The Bertz CT molecular complexity index is 399. The summed E-state index contributed by atoms with van der Waals surface area (Å²) in [5.41, 5.74) is 0. The largest absolute Gasteiger partial charge is 0.331 e. The van der Waals surface area contributed by atoms with Crippen LogP contribution in [-0.2, 0) is 0 Å². The topological polar surface area (TPSA) is 26.8 Å². The maximum absolute atomic E-state index is 12.7. The standard InChI is InChI=1S/C16H25N3O/c1-6-10-12-18-14(8-3)17(5)15(9-4)19(16(18)20)13-11-7-2/h6-9H,1-2,10-13H2,3-5H3/b14-8-,15-9-. The number of carbonyl (C=O) groups is 1. The molecule has 4 nitrogen and oxygen atoms in total. The number of amides is 2. The molecule has 1 heterocycles. The fraction of sp³-hybridized carbons (Fsp3) is 0.438. The molecule has 0 radical (unpaired) electrons. The number of urea groups is 1. The van der Waals surface area contributed by atoms with Crippen LogP contribution in [0.5, 0.6) is 0 Å². The van der Waals surface area contributed by atoms with E-state index >= 15 is 0 Å². The highest BCUT2D eigenvalue weighted by Gasteiger charge is 2.34. The zero-order chi connectivity index (χ0) is 15.1. The first-order valence-electron chi connectivity index (χ1n) is 6.99. The van der Waals surface area contributed by atoms with Gasteiger partial charge in [-0.2, -0.15) is 0 Å². The lowest BCUT2D eigenvalue weighted by Gasteiger charge is -2.44. The monoisotopic (exact) mass is 275 g/mol. The smallest absolute Gasteiger partial charge is 0.317 e. The Morgan fingerprint density at radius 2 is 1.35 bits per heavy atom. The van der Waals surface area contributed by atoms with Crippen LogP contribution >= 0.6 is 0 Å². The summed E-state index contributed by atoms with van der Waals surface area (Å²) in [5.74, 6) is 1.83. The highest BCUT2D eigenvalue weighted by Crippen LogP contribution is 2.27. The molecule has 0 spiro atoms. The molecule has 0 N–H and O–H groups in total. The molecule has 0 aliphatic carbocycles. The minimum atomic E-state index is 0.0213. The van der Waals surface area contributed by atoms with Crippen molar-refractivity contribution < 1.29 is 4.79 Å². The zero-order valence-electron chi connectivity index (χ0n) is 12.8. The van der Waals surface area contributed by atoms with Crippen LogP contribution < -0.4 is 0 Å². The van der Waals surface area contributed by atoms with Gasteiger partial charge in [-0.3, -0.25) is 9.80 Å². The average molecular weight is 275 g/mol. The van der Waals surface area contributed by atoms with Crippen LogP contribution in [0.4, 0.5) is 4.79 Å². The van der Waals surface area contributed by atoms with Crippen molar-refractivity contribution in [3.05, 3.63) is 49.1 Å². The van der Waals surface area contributed by atoms with Gasteiger partial charge in [0.15, 0.2) is 0 Å². The van der Waals surface area contributed by atoms with Crippen LogP contribution in [0.1, 0.15) is 26.7 Å². The summed E-state index contributed by atoms with van der Waals surface area (Å²) in [7, 11) is 1.99. The van der Waals surface area contributed by atoms with Crippen molar-refractivity contribution in [3.8, 4) is 0 Å². The minimum absolute atomic E-state index is 0.0213. The zero-order valence-corrected chi connectivity index (χ0v) is 12.8. The van der Waals surface area contributed by atoms with E-state index in [1.54, 1.807) is 9.80 Å². The van der Waals surface area contributed by atoms with E-state index < -0.39 is 0 Å². The van der Waals surface area contributed by atoms with Gasteiger partial charge in [-0.05, 0) is 38.8 Å². The lowest BCUT2D eigenvalue weighted by atomic mass is 10.2. The molecule has 110 valence electrons. The van der Waals surface area contributed by atoms with Crippen LogP contribution in [0, 0.1) is 0 Å². The SMILES string of the molecule is C=CCCN1C(=O)N(CCC=C)/C(=C\C)N(C)/C1=C/C. The van der Waals surface area contributed by atoms with Crippen molar-refractivity contribution in [2.75, 3.05) is 20.1 Å². The van der Waals surface area contributed by atoms with Crippen molar-refractivity contribution in [3.63, 3.8) is 0 Å². The van der Waals surface area contributed by atoms with Gasteiger partial charge in [0.2, 0.25) is 0 Å². The van der Waals surface area contributed by atoms with Crippen molar-refractivity contribution in [1.29, 1.82) is 0 Å². The van der Waals surface area contributed by atoms with Gasteiger partial charge >= 0.3 is 6.03 Å². The van der Waals surface area contributed by atoms with Crippen LogP contribution in [0.2, 0.25) is 0 Å². The summed E-state index contributed by atoms with van der Waals surface area (Å²) in [6.45, 7) is 12.7. The molecule has 0 bridgehead atoms. The maximum atomic E-state index is 12.7. The molecule has 1 saturated heterocycles. The molecule has 1 aliphatic heterocycles. The summed E-state index contributed by atoms with van der Waals surface area (Å²) in [6.07, 6.45) is 9.15. The van der Waals surface area contributed by atoms with E-state index in [1.165, 1.54) is 0 Å². The van der Waals surface area contributed by atoms with Crippen molar-refractivity contribution in [2.24, 2.45) is 0 Å². The molecule has 0 aromatic heterocycles. The van der Waals surface area contributed by atoms with Crippen molar-refractivity contribution in [2.45, 2.75) is 26.7 Å². The van der Waals surface area contributed by atoms with Crippen LogP contribution in [0.3, 0.4) is 0 Å². The lowest BCUT2D eigenvalue weighted by molar-refractivity contribution is 0.125. The molecular weight excluding hydrogens is 250 g/mol. The van der Waals surface area contributed by atoms with E-state index in [0.717, 1.165) is 24.5 Å². The number of hydrogen-bond donors (Lipinski definition) is 0. The van der Waals surface area contributed by atoms with E-state index in [1.807, 2.05) is 50.1 Å². The number of carbonyl (C=O) groups excluding carboxylic acids is 1. The average Bonchev–Trinajstić information content (AvgIpc) is 2.45. The second-order valence-electron chi connectivity index (χ2n) is 4.59. The highest BCUT2D eigenvalue weighted by molar-refractivity contribution is 5.79. The minimum Gasteiger partial charge on any atom is -0.317 e. The van der Waals surface area contributed by atoms with Crippen LogP contribution in [-0.4, -0.2) is 40.9 Å². The Morgan fingerprint density at radius 3 is 1.65 bits per heavy atom. The first-order chi connectivity index (χ1) is 9.62. The molecule has 1 fully saturated rings.